The molecule has 0 radical (unpaired) electrons. The van der Waals surface area contributed by atoms with Crippen molar-refractivity contribution in [2.75, 3.05) is 73.6 Å². The quantitative estimate of drug-likeness (QED) is 0.256. The predicted octanol–water partition coefficient (Wildman–Crippen LogP) is 1.09. The first-order valence-electron chi connectivity index (χ1n) is 9.55. The third-order valence-electron chi connectivity index (χ3n) is 5.00. The summed E-state index contributed by atoms with van der Waals surface area (Å²) in [6.45, 7) is 7.25. The molecule has 26 heavy (non-hydrogen) atoms. The zero-order valence-corrected chi connectivity index (χ0v) is 18.9. The number of piperidine rings is 1. The van der Waals surface area contributed by atoms with Crippen LogP contribution in [0.25, 0.3) is 0 Å². The van der Waals surface area contributed by atoms with Gasteiger partial charge in [0.15, 0.2) is 5.96 Å². The SMILES string of the molecule is COCCNC(=NCC(=O)N(C)C)N1CCC(CN2CCCCC2)C1.I. The summed E-state index contributed by atoms with van der Waals surface area (Å²) < 4.78 is 5.12. The molecular weight excluding hydrogens is 445 g/mol. The lowest BCUT2D eigenvalue weighted by molar-refractivity contribution is -0.127. The van der Waals surface area contributed by atoms with Gasteiger partial charge in [-0.3, -0.25) is 4.79 Å². The molecule has 8 heteroatoms. The van der Waals surface area contributed by atoms with E-state index in [-0.39, 0.29) is 36.4 Å². The molecule has 1 N–H and O–H groups in total. The van der Waals surface area contributed by atoms with E-state index < -0.39 is 0 Å². The molecule has 0 aromatic rings. The molecule has 0 aromatic carbocycles. The first-order chi connectivity index (χ1) is 12.1. The highest BCUT2D eigenvalue weighted by Crippen LogP contribution is 2.19. The molecule has 2 rings (SSSR count). The summed E-state index contributed by atoms with van der Waals surface area (Å²) in [6, 6.07) is 0. The lowest BCUT2D eigenvalue weighted by Gasteiger charge is -2.29. The number of aliphatic imine (C=N–C) groups is 1. The zero-order chi connectivity index (χ0) is 18.1. The second-order valence-corrected chi connectivity index (χ2v) is 7.31. The minimum absolute atomic E-state index is 0. The lowest BCUT2D eigenvalue weighted by Crippen LogP contribution is -2.43. The molecule has 0 bridgehead atoms. The van der Waals surface area contributed by atoms with Gasteiger partial charge in [-0.1, -0.05) is 6.42 Å². The molecule has 2 aliphatic rings. The number of ether oxygens (including phenoxy) is 1. The van der Waals surface area contributed by atoms with Crippen molar-refractivity contribution < 1.29 is 9.53 Å². The zero-order valence-electron chi connectivity index (χ0n) is 16.6. The van der Waals surface area contributed by atoms with Crippen molar-refractivity contribution in [2.45, 2.75) is 25.7 Å². The largest absolute Gasteiger partial charge is 0.383 e. The van der Waals surface area contributed by atoms with E-state index in [9.17, 15) is 4.79 Å². The van der Waals surface area contributed by atoms with Crippen molar-refractivity contribution in [3.8, 4) is 0 Å². The van der Waals surface area contributed by atoms with Gasteiger partial charge in [0.25, 0.3) is 0 Å². The molecule has 1 unspecified atom stereocenters. The molecule has 0 saturated carbocycles. The number of rotatable bonds is 7. The third-order valence-corrected chi connectivity index (χ3v) is 5.00. The van der Waals surface area contributed by atoms with Crippen LogP contribution >= 0.6 is 24.0 Å². The van der Waals surface area contributed by atoms with Crippen molar-refractivity contribution in [3.05, 3.63) is 0 Å². The molecule has 152 valence electrons. The Morgan fingerprint density at radius 3 is 2.62 bits per heavy atom. The van der Waals surface area contributed by atoms with Gasteiger partial charge < -0.3 is 24.8 Å². The van der Waals surface area contributed by atoms with Crippen LogP contribution in [0.5, 0.6) is 0 Å². The maximum atomic E-state index is 11.9. The van der Waals surface area contributed by atoms with Gasteiger partial charge in [0.1, 0.15) is 6.54 Å². The van der Waals surface area contributed by atoms with E-state index in [2.05, 4.69) is 20.1 Å². The molecule has 7 nitrogen and oxygen atoms in total. The topological polar surface area (TPSA) is 60.4 Å². The van der Waals surface area contributed by atoms with E-state index in [1.54, 1.807) is 26.1 Å². The minimum atomic E-state index is 0. The fourth-order valence-corrected chi connectivity index (χ4v) is 3.50. The number of likely N-dealkylation sites (N-methyl/N-ethyl adjacent to an activating group) is 1. The van der Waals surface area contributed by atoms with Crippen LogP contribution in [0, 0.1) is 5.92 Å². The number of guanidine groups is 1. The summed E-state index contributed by atoms with van der Waals surface area (Å²) >= 11 is 0. The Morgan fingerprint density at radius 2 is 1.96 bits per heavy atom. The number of carbonyl (C=O) groups excluding carboxylic acids is 1. The smallest absolute Gasteiger partial charge is 0.243 e. The number of halogens is 1. The van der Waals surface area contributed by atoms with Gasteiger partial charge in [0.2, 0.25) is 5.91 Å². The number of likely N-dealkylation sites (tertiary alicyclic amines) is 2. The number of amides is 1. The van der Waals surface area contributed by atoms with E-state index in [0.29, 0.717) is 19.1 Å². The average molecular weight is 481 g/mol. The van der Waals surface area contributed by atoms with E-state index in [1.165, 1.54) is 45.3 Å². The highest BCUT2D eigenvalue weighted by atomic mass is 127. The predicted molar refractivity (Wildman–Crippen MR) is 116 cm³/mol. The van der Waals surface area contributed by atoms with Gasteiger partial charge in [-0.25, -0.2) is 4.99 Å². The molecule has 1 atom stereocenters. The van der Waals surface area contributed by atoms with Crippen LogP contribution < -0.4 is 5.32 Å². The average Bonchev–Trinajstić information content (AvgIpc) is 3.06. The third kappa shape index (κ3) is 7.96. The number of carbonyl (C=O) groups is 1. The van der Waals surface area contributed by atoms with Gasteiger partial charge in [0, 0.05) is 47.4 Å². The van der Waals surface area contributed by atoms with Crippen LogP contribution in [0.1, 0.15) is 25.7 Å². The molecule has 2 saturated heterocycles. The summed E-state index contributed by atoms with van der Waals surface area (Å²) in [5.74, 6) is 1.56. The number of hydrogen-bond acceptors (Lipinski definition) is 4. The van der Waals surface area contributed by atoms with Gasteiger partial charge >= 0.3 is 0 Å². The second-order valence-electron chi connectivity index (χ2n) is 7.31. The summed E-state index contributed by atoms with van der Waals surface area (Å²) in [5, 5.41) is 3.35. The monoisotopic (exact) mass is 481 g/mol. The lowest BCUT2D eigenvalue weighted by atomic mass is 10.1. The van der Waals surface area contributed by atoms with E-state index in [0.717, 1.165) is 19.0 Å². The normalized spacial score (nSPS) is 21.4. The number of nitrogens with one attached hydrogen (secondary N) is 1. The van der Waals surface area contributed by atoms with E-state index in [4.69, 9.17) is 4.74 Å². The Morgan fingerprint density at radius 1 is 1.23 bits per heavy atom. The number of hydrogen-bond donors (Lipinski definition) is 1. The first kappa shape index (κ1) is 23.4. The second kappa shape index (κ2) is 12.7. The van der Waals surface area contributed by atoms with Crippen LogP contribution in [0.2, 0.25) is 0 Å². The van der Waals surface area contributed by atoms with E-state index >= 15 is 0 Å². The van der Waals surface area contributed by atoms with Crippen LogP contribution in [0.15, 0.2) is 4.99 Å². The van der Waals surface area contributed by atoms with Crippen LogP contribution in [0.3, 0.4) is 0 Å². The molecule has 0 spiro atoms. The molecule has 0 aromatic heterocycles. The molecular formula is C18H36IN5O2. The summed E-state index contributed by atoms with van der Waals surface area (Å²) in [4.78, 5) is 22.9. The van der Waals surface area contributed by atoms with Crippen molar-refractivity contribution in [1.82, 2.24) is 20.0 Å². The van der Waals surface area contributed by atoms with E-state index in [1.807, 2.05) is 0 Å². The molecule has 1 amide bonds. The van der Waals surface area contributed by atoms with Crippen molar-refractivity contribution in [3.63, 3.8) is 0 Å². The molecule has 2 fully saturated rings. The Balaban J connectivity index is 0.00000338. The first-order valence-corrected chi connectivity index (χ1v) is 9.55. The maximum absolute atomic E-state index is 11.9. The molecule has 2 aliphatic heterocycles. The van der Waals surface area contributed by atoms with Crippen molar-refractivity contribution >= 4 is 35.8 Å². The Hall–Kier alpha value is -0.610. The summed E-state index contributed by atoms with van der Waals surface area (Å²) in [5.41, 5.74) is 0. The van der Waals surface area contributed by atoms with Gasteiger partial charge in [-0.2, -0.15) is 0 Å². The standard InChI is InChI=1S/C18H35N5O2.HI/c1-21(2)17(24)13-20-18(19-8-12-25-3)23-11-7-16(15-23)14-22-9-5-4-6-10-22;/h16H,4-15H2,1-3H3,(H,19,20);1H. The maximum Gasteiger partial charge on any atom is 0.243 e. The van der Waals surface area contributed by atoms with Crippen molar-refractivity contribution in [1.29, 1.82) is 0 Å². The summed E-state index contributed by atoms with van der Waals surface area (Å²) in [6.07, 6.45) is 5.26. The van der Waals surface area contributed by atoms with Gasteiger partial charge in [-0.15, -0.1) is 24.0 Å². The molecule has 2 heterocycles. The Bertz CT molecular complexity index is 441. The summed E-state index contributed by atoms with van der Waals surface area (Å²) in [7, 11) is 5.22. The van der Waals surface area contributed by atoms with Crippen LogP contribution in [-0.2, 0) is 9.53 Å². The van der Waals surface area contributed by atoms with Gasteiger partial charge in [0.05, 0.1) is 6.61 Å². The number of nitrogens with zero attached hydrogens (tertiary/aromatic N) is 4. The Kier molecular flexibility index (Phi) is 11.5. The van der Waals surface area contributed by atoms with Crippen LogP contribution in [-0.4, -0.2) is 100 Å². The highest BCUT2D eigenvalue weighted by molar-refractivity contribution is 14.0. The highest BCUT2D eigenvalue weighted by Gasteiger charge is 2.27. The molecule has 0 aliphatic carbocycles. The van der Waals surface area contributed by atoms with Gasteiger partial charge in [-0.05, 0) is 38.3 Å². The number of methoxy groups -OCH3 is 1. The fourth-order valence-electron chi connectivity index (χ4n) is 3.50. The minimum Gasteiger partial charge on any atom is -0.383 e. The fraction of sp³-hybridized carbons (Fsp3) is 0.889. The van der Waals surface area contributed by atoms with Crippen LogP contribution in [0.4, 0.5) is 0 Å². The van der Waals surface area contributed by atoms with Crippen molar-refractivity contribution in [2.24, 2.45) is 10.9 Å². The Labute approximate surface area is 175 Å².